The molecule has 2 nitrogen and oxygen atoms in total. The number of thiophene rings is 1. The first-order valence-electron chi connectivity index (χ1n) is 8.28. The normalized spacial score (nSPS) is 30.1. The van der Waals surface area contributed by atoms with Crippen LogP contribution in [0.1, 0.15) is 61.2 Å². The average Bonchev–Trinajstić information content (AvgIpc) is 3.08. The Labute approximate surface area is 127 Å². The van der Waals surface area contributed by atoms with Gasteiger partial charge in [0.05, 0.1) is 6.04 Å². The van der Waals surface area contributed by atoms with E-state index >= 15 is 0 Å². The highest BCUT2D eigenvalue weighted by atomic mass is 32.1. The third kappa shape index (κ3) is 2.68. The fourth-order valence-corrected chi connectivity index (χ4v) is 5.37. The Kier molecular flexibility index (Phi) is 4.49. The van der Waals surface area contributed by atoms with Gasteiger partial charge in [0.2, 0.25) is 0 Å². The zero-order valence-corrected chi connectivity index (χ0v) is 13.7. The van der Waals surface area contributed by atoms with E-state index in [0.29, 0.717) is 6.04 Å². The number of rotatable bonds is 4. The van der Waals surface area contributed by atoms with Crippen LogP contribution in [0.15, 0.2) is 12.1 Å². The van der Waals surface area contributed by atoms with Crippen LogP contribution in [0.2, 0.25) is 0 Å². The fraction of sp³-hybridized carbons (Fsp3) is 0.765. The lowest BCUT2D eigenvalue weighted by Gasteiger charge is -2.44. The van der Waals surface area contributed by atoms with Crippen molar-refractivity contribution in [2.75, 3.05) is 6.54 Å². The van der Waals surface area contributed by atoms with E-state index in [1.54, 1.807) is 0 Å². The molecule has 1 saturated carbocycles. The monoisotopic (exact) mass is 292 g/mol. The van der Waals surface area contributed by atoms with Crippen molar-refractivity contribution >= 4 is 11.3 Å². The van der Waals surface area contributed by atoms with E-state index in [4.69, 9.17) is 5.73 Å². The fourth-order valence-electron chi connectivity index (χ4n) is 4.29. The third-order valence-electron chi connectivity index (χ3n) is 5.32. The summed E-state index contributed by atoms with van der Waals surface area (Å²) in [7, 11) is 0. The van der Waals surface area contributed by atoms with Gasteiger partial charge in [-0.05, 0) is 63.6 Å². The number of nitrogens with zero attached hydrogens (tertiary/aromatic N) is 1. The second-order valence-corrected chi connectivity index (χ2v) is 7.92. The summed E-state index contributed by atoms with van der Waals surface area (Å²) >= 11 is 1.95. The Hall–Kier alpha value is -0.380. The minimum absolute atomic E-state index is 0.271. The summed E-state index contributed by atoms with van der Waals surface area (Å²) in [5, 5.41) is 0. The lowest BCUT2D eigenvalue weighted by molar-refractivity contribution is 0.0554. The second kappa shape index (κ2) is 6.17. The molecule has 1 aromatic heterocycles. The van der Waals surface area contributed by atoms with E-state index in [1.165, 1.54) is 48.4 Å². The molecule has 4 unspecified atom stereocenters. The van der Waals surface area contributed by atoms with Crippen molar-refractivity contribution < 1.29 is 0 Å². The Morgan fingerprint density at radius 2 is 2.10 bits per heavy atom. The van der Waals surface area contributed by atoms with Gasteiger partial charge in [-0.1, -0.05) is 13.3 Å². The summed E-state index contributed by atoms with van der Waals surface area (Å²) < 4.78 is 0. The summed E-state index contributed by atoms with van der Waals surface area (Å²) in [5.41, 5.74) is 6.54. The molecule has 2 aliphatic rings. The summed E-state index contributed by atoms with van der Waals surface area (Å²) in [5.74, 6) is 0.941. The van der Waals surface area contributed by atoms with E-state index in [0.717, 1.165) is 18.4 Å². The Balaban J connectivity index is 1.88. The molecule has 0 radical (unpaired) electrons. The highest BCUT2D eigenvalue weighted by Crippen LogP contribution is 2.42. The maximum Gasteiger partial charge on any atom is 0.0595 e. The van der Waals surface area contributed by atoms with Gasteiger partial charge >= 0.3 is 0 Å². The zero-order chi connectivity index (χ0) is 14.1. The molecule has 1 aromatic rings. The third-order valence-corrected chi connectivity index (χ3v) is 6.39. The quantitative estimate of drug-likeness (QED) is 0.905. The molecule has 2 fully saturated rings. The van der Waals surface area contributed by atoms with Crippen molar-refractivity contribution in [3.63, 3.8) is 0 Å². The molecule has 112 valence electrons. The predicted molar refractivity (Wildman–Crippen MR) is 87.1 cm³/mol. The molecular weight excluding hydrogens is 264 g/mol. The highest BCUT2D eigenvalue weighted by molar-refractivity contribution is 7.12. The summed E-state index contributed by atoms with van der Waals surface area (Å²) in [6.45, 7) is 5.68. The van der Waals surface area contributed by atoms with Gasteiger partial charge in [0.1, 0.15) is 0 Å². The Morgan fingerprint density at radius 3 is 2.80 bits per heavy atom. The van der Waals surface area contributed by atoms with Gasteiger partial charge in [-0.3, -0.25) is 4.90 Å². The molecule has 0 bridgehead atoms. The van der Waals surface area contributed by atoms with Crippen molar-refractivity contribution in [1.82, 2.24) is 4.90 Å². The van der Waals surface area contributed by atoms with Crippen molar-refractivity contribution in [1.29, 1.82) is 0 Å². The number of hydrogen-bond acceptors (Lipinski definition) is 3. The Bertz CT molecular complexity index is 442. The van der Waals surface area contributed by atoms with E-state index in [2.05, 4.69) is 30.9 Å². The molecule has 1 aliphatic heterocycles. The summed E-state index contributed by atoms with van der Waals surface area (Å²) in [6, 6.07) is 6.09. The van der Waals surface area contributed by atoms with Crippen LogP contribution in [0, 0.1) is 12.8 Å². The molecule has 0 amide bonds. The standard InChI is InChI=1S/C17H28N2S/c1-3-14(18)17(16-10-9-12(2)20-16)19-11-5-7-13-6-4-8-15(13)19/h9-10,13-15,17H,3-8,11,18H2,1-2H3. The minimum atomic E-state index is 0.271. The van der Waals surface area contributed by atoms with Crippen molar-refractivity contribution in [2.45, 2.75) is 70.5 Å². The molecule has 0 spiro atoms. The molecule has 0 aromatic carbocycles. The number of fused-ring (bicyclic) bond motifs is 1. The van der Waals surface area contributed by atoms with E-state index in [1.807, 2.05) is 11.3 Å². The van der Waals surface area contributed by atoms with Gasteiger partial charge in [0.15, 0.2) is 0 Å². The van der Waals surface area contributed by atoms with Crippen LogP contribution in [-0.2, 0) is 0 Å². The number of likely N-dealkylation sites (tertiary alicyclic amines) is 1. The summed E-state index contributed by atoms with van der Waals surface area (Å²) in [4.78, 5) is 5.68. The van der Waals surface area contributed by atoms with Crippen molar-refractivity contribution in [3.8, 4) is 0 Å². The van der Waals surface area contributed by atoms with Gasteiger partial charge in [0, 0.05) is 21.8 Å². The van der Waals surface area contributed by atoms with Crippen LogP contribution < -0.4 is 5.73 Å². The zero-order valence-electron chi connectivity index (χ0n) is 12.8. The first-order valence-corrected chi connectivity index (χ1v) is 9.10. The van der Waals surface area contributed by atoms with Gasteiger partial charge in [-0.15, -0.1) is 11.3 Å². The van der Waals surface area contributed by atoms with Gasteiger partial charge in [-0.25, -0.2) is 0 Å². The highest BCUT2D eigenvalue weighted by Gasteiger charge is 2.40. The maximum absolute atomic E-state index is 6.54. The summed E-state index contributed by atoms with van der Waals surface area (Å²) in [6.07, 6.45) is 8.12. The SMILES string of the molecule is CCC(N)C(c1ccc(C)s1)N1CCCC2CCCC21. The van der Waals surface area contributed by atoms with Gasteiger partial charge in [0.25, 0.3) is 0 Å². The molecule has 20 heavy (non-hydrogen) atoms. The second-order valence-electron chi connectivity index (χ2n) is 6.60. The van der Waals surface area contributed by atoms with Crippen LogP contribution in [0.25, 0.3) is 0 Å². The van der Waals surface area contributed by atoms with E-state index in [9.17, 15) is 0 Å². The molecule has 1 aliphatic carbocycles. The molecule has 1 saturated heterocycles. The van der Waals surface area contributed by atoms with Crippen LogP contribution in [0.4, 0.5) is 0 Å². The van der Waals surface area contributed by atoms with Crippen LogP contribution in [-0.4, -0.2) is 23.5 Å². The minimum Gasteiger partial charge on any atom is -0.326 e. The van der Waals surface area contributed by atoms with Gasteiger partial charge in [-0.2, -0.15) is 0 Å². The van der Waals surface area contributed by atoms with Gasteiger partial charge < -0.3 is 5.73 Å². The molecule has 3 heteroatoms. The first-order chi connectivity index (χ1) is 9.70. The number of nitrogens with two attached hydrogens (primary N) is 1. The smallest absolute Gasteiger partial charge is 0.0595 e. The van der Waals surface area contributed by atoms with E-state index in [-0.39, 0.29) is 6.04 Å². The van der Waals surface area contributed by atoms with Crippen molar-refractivity contribution in [3.05, 3.63) is 21.9 Å². The number of aryl methyl sites for hydroxylation is 1. The molecule has 3 rings (SSSR count). The largest absolute Gasteiger partial charge is 0.326 e. The topological polar surface area (TPSA) is 29.3 Å². The van der Waals surface area contributed by atoms with Crippen molar-refractivity contribution in [2.24, 2.45) is 11.7 Å². The molecular formula is C17H28N2S. The average molecular weight is 292 g/mol. The van der Waals surface area contributed by atoms with E-state index < -0.39 is 0 Å². The lowest BCUT2D eigenvalue weighted by Crippen LogP contribution is -2.49. The first kappa shape index (κ1) is 14.6. The number of hydrogen-bond donors (Lipinski definition) is 1. The molecule has 4 atom stereocenters. The maximum atomic E-state index is 6.54. The van der Waals surface area contributed by atoms with Crippen LogP contribution in [0.5, 0.6) is 0 Å². The predicted octanol–water partition coefficient (Wildman–Crippen LogP) is 4.10. The molecule has 2 N–H and O–H groups in total. The van der Waals surface area contributed by atoms with Crippen LogP contribution in [0.3, 0.4) is 0 Å². The van der Waals surface area contributed by atoms with Crippen LogP contribution >= 0.6 is 11.3 Å². The Morgan fingerprint density at radius 1 is 1.30 bits per heavy atom. The lowest BCUT2D eigenvalue weighted by atomic mass is 9.88. The number of piperidine rings is 1. The molecule has 2 heterocycles.